The number of nitrogens with one attached hydrogen (secondary N) is 1. The van der Waals surface area contributed by atoms with Crippen molar-refractivity contribution in [2.75, 3.05) is 11.9 Å². The first kappa shape index (κ1) is 12.4. The molecule has 19 heavy (non-hydrogen) atoms. The predicted octanol–water partition coefficient (Wildman–Crippen LogP) is 1.18. The smallest absolute Gasteiger partial charge is 0.265 e. The van der Waals surface area contributed by atoms with Crippen LogP contribution >= 0.6 is 0 Å². The number of ether oxygens (including phenoxy) is 1. The fourth-order valence-electron chi connectivity index (χ4n) is 2.50. The van der Waals surface area contributed by atoms with Crippen molar-refractivity contribution in [3.8, 4) is 5.75 Å². The molecule has 0 aromatic heterocycles. The molecule has 4 N–H and O–H groups in total. The molecule has 1 amide bonds. The first-order valence-corrected chi connectivity index (χ1v) is 6.54. The molecule has 2 unspecified atom stereocenters. The van der Waals surface area contributed by atoms with Gasteiger partial charge < -0.3 is 20.9 Å². The van der Waals surface area contributed by atoms with E-state index in [1.807, 2.05) is 18.2 Å². The van der Waals surface area contributed by atoms with Crippen molar-refractivity contribution in [1.29, 1.82) is 0 Å². The number of rotatable bonds is 3. The van der Waals surface area contributed by atoms with Crippen molar-refractivity contribution in [3.05, 3.63) is 23.8 Å². The summed E-state index contributed by atoms with van der Waals surface area (Å²) in [6.07, 6.45) is 1.42. The molecule has 102 valence electrons. The van der Waals surface area contributed by atoms with Gasteiger partial charge in [0.05, 0.1) is 12.3 Å². The molecule has 1 fully saturated rings. The summed E-state index contributed by atoms with van der Waals surface area (Å²) in [6.45, 7) is 1.81. The van der Waals surface area contributed by atoms with Crippen LogP contribution in [0.25, 0.3) is 0 Å². The van der Waals surface area contributed by atoms with Crippen LogP contribution in [0.15, 0.2) is 18.2 Å². The molecule has 0 radical (unpaired) electrons. The quantitative estimate of drug-likeness (QED) is 0.763. The summed E-state index contributed by atoms with van der Waals surface area (Å²) in [5, 5.41) is 12.2. The van der Waals surface area contributed by atoms with Crippen LogP contribution in [-0.2, 0) is 4.79 Å². The lowest BCUT2D eigenvalue weighted by Crippen LogP contribution is -2.34. The van der Waals surface area contributed by atoms with Gasteiger partial charge in [-0.3, -0.25) is 4.79 Å². The van der Waals surface area contributed by atoms with Crippen molar-refractivity contribution >= 4 is 11.6 Å². The Balaban J connectivity index is 1.90. The molecule has 2 atom stereocenters. The van der Waals surface area contributed by atoms with Crippen LogP contribution in [0.5, 0.6) is 5.75 Å². The van der Waals surface area contributed by atoms with Crippen LogP contribution in [0.4, 0.5) is 5.69 Å². The highest BCUT2D eigenvalue weighted by Crippen LogP contribution is 2.53. The molecule has 5 nitrogen and oxygen atoms in total. The summed E-state index contributed by atoms with van der Waals surface area (Å²) in [5.74, 6) is 0.512. The number of aliphatic hydroxyl groups excluding tert-OH is 1. The first-order chi connectivity index (χ1) is 9.05. The standard InChI is InChI=1S/C14H18N2O3/c1-8-13(18)16-10-6-9(2-3-11(10)19-8)12(15)14(7-17)4-5-14/h2-3,6,8,12,17H,4-5,7,15H2,1H3,(H,16,18). The summed E-state index contributed by atoms with van der Waals surface area (Å²) in [6, 6.07) is 5.37. The number of amides is 1. The SMILES string of the molecule is CC1Oc2ccc(C(N)C3(CO)CC3)cc2NC1=O. The van der Waals surface area contributed by atoms with Gasteiger partial charge in [-0.2, -0.15) is 0 Å². The number of nitrogens with two attached hydrogens (primary N) is 1. The highest BCUT2D eigenvalue weighted by molar-refractivity contribution is 5.97. The van der Waals surface area contributed by atoms with Gasteiger partial charge in [0, 0.05) is 11.5 Å². The van der Waals surface area contributed by atoms with Crippen LogP contribution < -0.4 is 15.8 Å². The van der Waals surface area contributed by atoms with E-state index in [9.17, 15) is 9.90 Å². The Labute approximate surface area is 111 Å². The second-order valence-corrected chi connectivity index (χ2v) is 5.50. The molecule has 1 heterocycles. The van der Waals surface area contributed by atoms with Crippen molar-refractivity contribution in [3.63, 3.8) is 0 Å². The van der Waals surface area contributed by atoms with Crippen molar-refractivity contribution < 1.29 is 14.6 Å². The van der Waals surface area contributed by atoms with Gasteiger partial charge in [0.25, 0.3) is 5.91 Å². The maximum Gasteiger partial charge on any atom is 0.265 e. The molecule has 3 rings (SSSR count). The summed E-state index contributed by atoms with van der Waals surface area (Å²) in [5.41, 5.74) is 7.63. The minimum Gasteiger partial charge on any atom is -0.479 e. The van der Waals surface area contributed by atoms with Crippen molar-refractivity contribution in [1.82, 2.24) is 0 Å². The minimum atomic E-state index is -0.473. The third-order valence-electron chi connectivity index (χ3n) is 4.16. The van der Waals surface area contributed by atoms with E-state index in [2.05, 4.69) is 5.32 Å². The number of hydrogen-bond donors (Lipinski definition) is 3. The second-order valence-electron chi connectivity index (χ2n) is 5.50. The van der Waals surface area contributed by atoms with Gasteiger partial charge in [-0.15, -0.1) is 0 Å². The Bertz CT molecular complexity index is 525. The fourth-order valence-corrected chi connectivity index (χ4v) is 2.50. The van der Waals surface area contributed by atoms with Crippen LogP contribution in [0, 0.1) is 5.41 Å². The summed E-state index contributed by atoms with van der Waals surface area (Å²) >= 11 is 0. The Morgan fingerprint density at radius 1 is 1.58 bits per heavy atom. The number of carbonyl (C=O) groups excluding carboxylic acids is 1. The molecule has 1 aliphatic heterocycles. The van der Waals surface area contributed by atoms with Crippen LogP contribution in [0.2, 0.25) is 0 Å². The van der Waals surface area contributed by atoms with Crippen LogP contribution in [-0.4, -0.2) is 23.7 Å². The first-order valence-electron chi connectivity index (χ1n) is 6.54. The number of aliphatic hydroxyl groups is 1. The predicted molar refractivity (Wildman–Crippen MR) is 70.8 cm³/mol. The summed E-state index contributed by atoms with van der Waals surface area (Å²) in [7, 11) is 0. The molecule has 1 aliphatic carbocycles. The van der Waals surface area contributed by atoms with Gasteiger partial charge in [-0.25, -0.2) is 0 Å². The average Bonchev–Trinajstić information content (AvgIpc) is 3.20. The Morgan fingerprint density at radius 2 is 2.32 bits per heavy atom. The lowest BCUT2D eigenvalue weighted by Gasteiger charge is -2.26. The zero-order valence-electron chi connectivity index (χ0n) is 10.8. The molecule has 0 saturated heterocycles. The largest absolute Gasteiger partial charge is 0.479 e. The normalized spacial score (nSPS) is 25.0. The number of carbonyl (C=O) groups is 1. The molecular weight excluding hydrogens is 244 g/mol. The minimum absolute atomic E-state index is 0.102. The topological polar surface area (TPSA) is 84.6 Å². The number of anilines is 1. The summed E-state index contributed by atoms with van der Waals surface area (Å²) < 4.78 is 5.50. The summed E-state index contributed by atoms with van der Waals surface area (Å²) in [4.78, 5) is 11.6. The van der Waals surface area contributed by atoms with Crippen LogP contribution in [0.3, 0.4) is 0 Å². The third-order valence-corrected chi connectivity index (χ3v) is 4.16. The third kappa shape index (κ3) is 1.99. The Morgan fingerprint density at radius 3 is 2.95 bits per heavy atom. The average molecular weight is 262 g/mol. The zero-order valence-corrected chi connectivity index (χ0v) is 10.8. The van der Waals surface area contributed by atoms with Gasteiger partial charge in [0.2, 0.25) is 0 Å². The van der Waals surface area contributed by atoms with E-state index in [0.29, 0.717) is 11.4 Å². The zero-order chi connectivity index (χ0) is 13.6. The van der Waals surface area contributed by atoms with Crippen molar-refractivity contribution in [2.45, 2.75) is 31.9 Å². The maximum atomic E-state index is 11.6. The van der Waals surface area contributed by atoms with Gasteiger partial charge in [-0.05, 0) is 37.5 Å². The van der Waals surface area contributed by atoms with E-state index < -0.39 is 6.10 Å². The van der Waals surface area contributed by atoms with E-state index in [-0.39, 0.29) is 24.0 Å². The highest BCUT2D eigenvalue weighted by Gasteiger charge is 2.48. The Kier molecular flexibility index (Phi) is 2.76. The van der Waals surface area contributed by atoms with E-state index in [0.717, 1.165) is 18.4 Å². The number of benzene rings is 1. The van der Waals surface area contributed by atoms with E-state index in [1.54, 1.807) is 6.92 Å². The highest BCUT2D eigenvalue weighted by atomic mass is 16.5. The molecule has 0 bridgehead atoms. The second kappa shape index (κ2) is 4.21. The maximum absolute atomic E-state index is 11.6. The van der Waals surface area contributed by atoms with E-state index in [4.69, 9.17) is 10.5 Å². The molecule has 1 aromatic rings. The molecule has 0 spiro atoms. The monoisotopic (exact) mass is 262 g/mol. The lowest BCUT2D eigenvalue weighted by atomic mass is 9.91. The molecule has 5 heteroatoms. The Hall–Kier alpha value is -1.59. The number of hydrogen-bond acceptors (Lipinski definition) is 4. The molecule has 1 aromatic carbocycles. The van der Waals surface area contributed by atoms with E-state index >= 15 is 0 Å². The number of fused-ring (bicyclic) bond motifs is 1. The fraction of sp³-hybridized carbons (Fsp3) is 0.500. The molecule has 2 aliphatic rings. The van der Waals surface area contributed by atoms with E-state index in [1.165, 1.54) is 0 Å². The lowest BCUT2D eigenvalue weighted by molar-refractivity contribution is -0.122. The van der Waals surface area contributed by atoms with Gasteiger partial charge in [0.1, 0.15) is 5.75 Å². The van der Waals surface area contributed by atoms with Gasteiger partial charge in [-0.1, -0.05) is 6.07 Å². The molecular formula is C14H18N2O3. The van der Waals surface area contributed by atoms with Crippen LogP contribution in [0.1, 0.15) is 31.4 Å². The van der Waals surface area contributed by atoms with Gasteiger partial charge in [0.15, 0.2) is 6.10 Å². The van der Waals surface area contributed by atoms with Gasteiger partial charge >= 0.3 is 0 Å². The molecule has 1 saturated carbocycles. The van der Waals surface area contributed by atoms with Crippen molar-refractivity contribution in [2.24, 2.45) is 11.1 Å².